The van der Waals surface area contributed by atoms with Crippen LogP contribution in [0.3, 0.4) is 0 Å². The summed E-state index contributed by atoms with van der Waals surface area (Å²) in [5, 5.41) is 1.73. The summed E-state index contributed by atoms with van der Waals surface area (Å²) in [5.74, 6) is 0.529. The predicted molar refractivity (Wildman–Crippen MR) is 272 cm³/mol. The first-order valence-corrected chi connectivity index (χ1v) is 25.8. The van der Waals surface area contributed by atoms with Gasteiger partial charge in [-0.25, -0.2) is 0 Å². The molecule has 3 aromatic heterocycles. The molecule has 0 aliphatic rings. The number of halogens is 9. The van der Waals surface area contributed by atoms with E-state index in [1.807, 2.05) is 41.5 Å². The van der Waals surface area contributed by atoms with E-state index >= 15 is 4.57 Å². The molecule has 0 fully saturated rings. The number of H-pyrrole nitrogens is 3. The van der Waals surface area contributed by atoms with Gasteiger partial charge in [-0.2, -0.15) is 44.1 Å². The molecule has 9 rings (SSSR count). The third-order valence-corrected chi connectivity index (χ3v) is 14.9. The highest BCUT2D eigenvalue weighted by molar-refractivity contribution is 7.49. The van der Waals surface area contributed by atoms with Gasteiger partial charge < -0.3 is 28.5 Å². The Hall–Kier alpha value is -7.06. The third-order valence-electron chi connectivity index (χ3n) is 13.6. The van der Waals surface area contributed by atoms with Gasteiger partial charge in [0.05, 0.1) is 16.7 Å². The fourth-order valence-corrected chi connectivity index (χ4v) is 11.5. The van der Waals surface area contributed by atoms with Gasteiger partial charge in [-0.05, 0) is 163 Å². The molecule has 0 aliphatic carbocycles. The molecule has 386 valence electrons. The third kappa shape index (κ3) is 9.88. The molecule has 17 heteroatoms. The minimum absolute atomic E-state index is 0.176. The van der Waals surface area contributed by atoms with E-state index in [1.165, 1.54) is 18.2 Å². The highest BCUT2D eigenvalue weighted by Crippen LogP contribution is 2.54. The first-order valence-electron chi connectivity index (χ1n) is 24.3. The molecule has 0 saturated carbocycles. The molecular weight excluding hydrogens is 993 g/mol. The zero-order valence-electron chi connectivity index (χ0n) is 41.1. The van der Waals surface area contributed by atoms with Crippen LogP contribution in [0, 0.1) is 0 Å². The first kappa shape index (κ1) is 51.8. The van der Waals surface area contributed by atoms with Crippen molar-refractivity contribution in [1.29, 1.82) is 0 Å². The van der Waals surface area contributed by atoms with Crippen LogP contribution in [0.1, 0.15) is 91.6 Å². The lowest BCUT2D eigenvalue weighted by atomic mass is 9.94. The Balaban J connectivity index is 1.15. The maximum absolute atomic E-state index is 15.9. The summed E-state index contributed by atoms with van der Waals surface area (Å²) in [5.41, 5.74) is 6.61. The number of rotatable bonds is 15. The van der Waals surface area contributed by atoms with E-state index in [0.717, 1.165) is 53.1 Å². The summed E-state index contributed by atoms with van der Waals surface area (Å²) in [6, 6.07) is 26.0. The van der Waals surface area contributed by atoms with Crippen molar-refractivity contribution in [3.63, 3.8) is 0 Å². The standard InChI is InChI=1S/C57H51F9N3O4P/c1-7-37-40(10-4)52(22-19-43(37)49-25-31-13-16-34(55(58,59)60)28-46(31)67-49)71-74(70,72-53-23-20-44(38(8-2)41(53)11-5)50-26-32-14-17-35(56(61,62)63)29-47(32)68-50)73-54-24-21-45(39(9-3)42(54)12-6)51-27-33-15-18-36(57(64,65)66)30-48(33)69-51/h13-30,67-69H,7-12H2,1-6H3. The van der Waals surface area contributed by atoms with Gasteiger partial charge >= 0.3 is 26.4 Å². The van der Waals surface area contributed by atoms with Gasteiger partial charge in [-0.1, -0.05) is 59.7 Å². The van der Waals surface area contributed by atoms with Crippen molar-refractivity contribution in [2.24, 2.45) is 0 Å². The average Bonchev–Trinajstić information content (AvgIpc) is 4.11. The van der Waals surface area contributed by atoms with Crippen LogP contribution in [-0.2, 0) is 61.6 Å². The smallest absolute Gasteiger partial charge is 0.386 e. The predicted octanol–water partition coefficient (Wildman–Crippen LogP) is 18.2. The molecule has 0 aliphatic heterocycles. The maximum Gasteiger partial charge on any atom is 0.647 e. The van der Waals surface area contributed by atoms with Gasteiger partial charge in [0.25, 0.3) is 0 Å². The number of alkyl halides is 9. The molecule has 6 aromatic carbocycles. The van der Waals surface area contributed by atoms with Crippen LogP contribution in [-0.4, -0.2) is 15.0 Å². The van der Waals surface area contributed by atoms with Gasteiger partial charge in [0, 0.05) is 66.5 Å². The van der Waals surface area contributed by atoms with E-state index in [4.69, 9.17) is 13.6 Å². The summed E-state index contributed by atoms with van der Waals surface area (Å²) in [6.45, 7) is 11.4. The summed E-state index contributed by atoms with van der Waals surface area (Å²) >= 11 is 0. The number of benzene rings is 6. The summed E-state index contributed by atoms with van der Waals surface area (Å²) in [4.78, 5) is 9.46. The van der Waals surface area contributed by atoms with E-state index in [1.54, 1.807) is 54.6 Å². The molecule has 0 spiro atoms. The second-order valence-electron chi connectivity index (χ2n) is 18.0. The van der Waals surface area contributed by atoms with Crippen molar-refractivity contribution in [3.05, 3.63) is 159 Å². The fraction of sp³-hybridized carbons (Fsp3) is 0.263. The second kappa shape index (κ2) is 19.7. The second-order valence-corrected chi connectivity index (χ2v) is 19.4. The highest BCUT2D eigenvalue weighted by Gasteiger charge is 2.38. The lowest BCUT2D eigenvalue weighted by Gasteiger charge is -2.26. The molecule has 0 amide bonds. The average molecular weight is 1040 g/mol. The Bertz CT molecular complexity index is 3260. The van der Waals surface area contributed by atoms with E-state index in [0.29, 0.717) is 122 Å². The zero-order valence-corrected chi connectivity index (χ0v) is 42.0. The topological polar surface area (TPSA) is 92.1 Å². The van der Waals surface area contributed by atoms with Crippen molar-refractivity contribution in [2.75, 3.05) is 0 Å². The number of phosphoric ester groups is 1. The Morgan fingerprint density at radius 1 is 0.365 bits per heavy atom. The molecule has 74 heavy (non-hydrogen) atoms. The summed E-state index contributed by atoms with van der Waals surface area (Å²) in [7, 11) is -4.84. The maximum atomic E-state index is 15.9. The molecule has 7 nitrogen and oxygen atoms in total. The van der Waals surface area contributed by atoms with Gasteiger partial charge in [0.1, 0.15) is 17.2 Å². The number of aromatic nitrogens is 3. The van der Waals surface area contributed by atoms with E-state index in [2.05, 4.69) is 15.0 Å². The largest absolute Gasteiger partial charge is 0.647 e. The van der Waals surface area contributed by atoms with Crippen molar-refractivity contribution in [3.8, 4) is 51.0 Å². The zero-order chi connectivity index (χ0) is 53.1. The molecule has 0 unspecified atom stereocenters. The number of hydrogen-bond acceptors (Lipinski definition) is 4. The van der Waals surface area contributed by atoms with Crippen molar-refractivity contribution < 1.29 is 57.7 Å². The van der Waals surface area contributed by atoms with Gasteiger partial charge in [-0.15, -0.1) is 0 Å². The quantitative estimate of drug-likeness (QED) is 0.0705. The number of aromatic amines is 3. The van der Waals surface area contributed by atoms with Gasteiger partial charge in [-0.3, -0.25) is 0 Å². The van der Waals surface area contributed by atoms with Crippen LogP contribution >= 0.6 is 7.82 Å². The van der Waals surface area contributed by atoms with Crippen LogP contribution in [0.25, 0.3) is 66.5 Å². The monoisotopic (exact) mass is 1040 g/mol. The van der Waals surface area contributed by atoms with Crippen LogP contribution in [0.5, 0.6) is 17.2 Å². The van der Waals surface area contributed by atoms with E-state index < -0.39 is 43.0 Å². The van der Waals surface area contributed by atoms with Crippen molar-refractivity contribution >= 4 is 40.5 Å². The van der Waals surface area contributed by atoms with Gasteiger partial charge in [0.15, 0.2) is 0 Å². The van der Waals surface area contributed by atoms with Gasteiger partial charge in [0.2, 0.25) is 0 Å². The Morgan fingerprint density at radius 3 is 0.851 bits per heavy atom. The molecular formula is C57H51F9N3O4P. The number of nitrogens with one attached hydrogen (secondary N) is 3. The molecule has 3 heterocycles. The molecule has 9 aromatic rings. The van der Waals surface area contributed by atoms with Crippen LogP contribution in [0.2, 0.25) is 0 Å². The minimum atomic E-state index is -4.84. The molecule has 0 radical (unpaired) electrons. The normalized spacial score (nSPS) is 12.6. The number of phosphoric acid groups is 1. The fourth-order valence-electron chi connectivity index (χ4n) is 10.2. The Labute approximate surface area is 420 Å². The number of fused-ring (bicyclic) bond motifs is 3. The minimum Gasteiger partial charge on any atom is -0.386 e. The van der Waals surface area contributed by atoms with E-state index in [9.17, 15) is 39.5 Å². The lowest BCUT2D eigenvalue weighted by molar-refractivity contribution is -0.138. The Morgan fingerprint density at radius 2 is 0.622 bits per heavy atom. The van der Waals surface area contributed by atoms with Crippen LogP contribution in [0.4, 0.5) is 39.5 Å². The molecule has 0 saturated heterocycles. The first-order chi connectivity index (χ1) is 35.1. The highest BCUT2D eigenvalue weighted by atomic mass is 31.2. The van der Waals surface area contributed by atoms with Crippen LogP contribution in [0.15, 0.2) is 109 Å². The molecule has 3 N–H and O–H groups in total. The van der Waals surface area contributed by atoms with E-state index in [-0.39, 0.29) is 17.2 Å². The molecule has 0 atom stereocenters. The summed E-state index contributed by atoms with van der Waals surface area (Å²) < 4.78 is 159. The number of hydrogen-bond donors (Lipinski definition) is 3. The van der Waals surface area contributed by atoms with Crippen LogP contribution < -0.4 is 13.6 Å². The Kier molecular flexibility index (Phi) is 13.8. The van der Waals surface area contributed by atoms with Crippen molar-refractivity contribution in [1.82, 2.24) is 15.0 Å². The summed E-state index contributed by atoms with van der Waals surface area (Å²) in [6.07, 6.45) is -11.1. The molecule has 0 bridgehead atoms. The van der Waals surface area contributed by atoms with Crippen molar-refractivity contribution in [2.45, 2.75) is 98.6 Å². The lowest BCUT2D eigenvalue weighted by Crippen LogP contribution is -2.12. The SMILES string of the molecule is CCc1c(OP(=O)(Oc2ccc(-c3cc4ccc(C(F)(F)F)cc4[nH]3)c(CC)c2CC)Oc2ccc(-c3cc4ccc(C(F)(F)F)cc4[nH]3)c(CC)c2CC)ccc(-c2cc3ccc(C(F)(F)F)cc3[nH]2)c1CC.